The molecule has 0 spiro atoms. The van der Waals surface area contributed by atoms with Crippen LogP contribution in [0.25, 0.3) is 5.69 Å². The molecule has 1 aromatic carbocycles. The number of aromatic nitrogens is 4. The van der Waals surface area contributed by atoms with E-state index >= 15 is 0 Å². The lowest BCUT2D eigenvalue weighted by Crippen LogP contribution is -2.21. The van der Waals surface area contributed by atoms with Gasteiger partial charge in [-0.2, -0.15) is 0 Å². The number of hydrogen-bond donors (Lipinski definition) is 2. The summed E-state index contributed by atoms with van der Waals surface area (Å²) in [6.45, 7) is 3.87. The summed E-state index contributed by atoms with van der Waals surface area (Å²) in [6.07, 6.45) is 1.60. The molecule has 2 aromatic heterocycles. The predicted octanol–water partition coefficient (Wildman–Crippen LogP) is 2.26. The number of H-pyrrole nitrogens is 1. The van der Waals surface area contributed by atoms with Crippen molar-refractivity contribution in [2.75, 3.05) is 5.32 Å². The summed E-state index contributed by atoms with van der Waals surface area (Å²) in [5.41, 5.74) is 2.17. The third-order valence-electron chi connectivity index (χ3n) is 4.10. The molecule has 7 nitrogen and oxygen atoms in total. The van der Waals surface area contributed by atoms with Crippen molar-refractivity contribution in [1.29, 1.82) is 0 Å². The van der Waals surface area contributed by atoms with Crippen molar-refractivity contribution in [1.82, 2.24) is 19.3 Å². The first-order valence-corrected chi connectivity index (χ1v) is 8.22. The van der Waals surface area contributed by atoms with Gasteiger partial charge in [0.15, 0.2) is 0 Å². The maximum atomic E-state index is 12.9. The highest BCUT2D eigenvalue weighted by Crippen LogP contribution is 2.16. The molecule has 2 heterocycles. The Balaban J connectivity index is 2.05. The zero-order chi connectivity index (χ0) is 18.0. The highest BCUT2D eigenvalue weighted by Gasteiger charge is 2.17. The molecule has 0 saturated heterocycles. The van der Waals surface area contributed by atoms with Crippen LogP contribution in [-0.2, 0) is 13.5 Å². The number of hydrogen-bond acceptors (Lipinski definition) is 4. The Morgan fingerprint density at radius 2 is 1.92 bits per heavy atom. The SMILES string of the molecule is CCCc1cc(=O)[nH]c(Nc2c(C)n(C)n(-c3ccccc3)c2=O)n1. The minimum atomic E-state index is -0.238. The summed E-state index contributed by atoms with van der Waals surface area (Å²) >= 11 is 0. The van der Waals surface area contributed by atoms with Crippen LogP contribution in [0.15, 0.2) is 46.0 Å². The molecule has 0 atom stereocenters. The molecule has 0 radical (unpaired) electrons. The fourth-order valence-corrected chi connectivity index (χ4v) is 2.78. The lowest BCUT2D eigenvalue weighted by molar-refractivity contribution is 0.630. The Morgan fingerprint density at radius 1 is 1.20 bits per heavy atom. The number of nitrogens with zero attached hydrogens (tertiary/aromatic N) is 3. The molecule has 0 aliphatic carbocycles. The molecule has 0 aliphatic rings. The summed E-state index contributed by atoms with van der Waals surface area (Å²) in [5.74, 6) is 0.280. The lowest BCUT2D eigenvalue weighted by atomic mass is 10.2. The number of nitrogens with one attached hydrogen (secondary N) is 2. The number of benzene rings is 1. The minimum absolute atomic E-state index is 0.199. The van der Waals surface area contributed by atoms with E-state index in [0.717, 1.165) is 17.8 Å². The first kappa shape index (κ1) is 16.8. The van der Waals surface area contributed by atoms with Gasteiger partial charge in [0.05, 0.1) is 11.4 Å². The van der Waals surface area contributed by atoms with Gasteiger partial charge in [0.2, 0.25) is 5.95 Å². The van der Waals surface area contributed by atoms with E-state index < -0.39 is 0 Å². The molecule has 0 saturated carbocycles. The van der Waals surface area contributed by atoms with Crippen LogP contribution in [0.1, 0.15) is 24.7 Å². The average Bonchev–Trinajstić information content (AvgIpc) is 2.79. The van der Waals surface area contributed by atoms with Crippen LogP contribution in [-0.4, -0.2) is 19.3 Å². The van der Waals surface area contributed by atoms with Gasteiger partial charge < -0.3 is 5.32 Å². The topological polar surface area (TPSA) is 84.7 Å². The smallest absolute Gasteiger partial charge is 0.295 e. The zero-order valence-electron chi connectivity index (χ0n) is 14.5. The maximum absolute atomic E-state index is 12.9. The first-order valence-electron chi connectivity index (χ1n) is 8.22. The molecular weight excluding hydrogens is 318 g/mol. The first-order chi connectivity index (χ1) is 12.0. The van der Waals surface area contributed by atoms with E-state index in [1.54, 1.807) is 9.36 Å². The van der Waals surface area contributed by atoms with Crippen LogP contribution >= 0.6 is 0 Å². The number of aromatic amines is 1. The van der Waals surface area contributed by atoms with Crippen LogP contribution in [0.2, 0.25) is 0 Å². The van der Waals surface area contributed by atoms with Crippen molar-refractivity contribution in [3.63, 3.8) is 0 Å². The van der Waals surface area contributed by atoms with Gasteiger partial charge in [-0.3, -0.25) is 19.3 Å². The van der Waals surface area contributed by atoms with E-state index in [9.17, 15) is 9.59 Å². The maximum Gasteiger partial charge on any atom is 0.295 e. The van der Waals surface area contributed by atoms with Gasteiger partial charge in [-0.05, 0) is 25.5 Å². The number of rotatable bonds is 5. The fraction of sp³-hybridized carbons (Fsp3) is 0.278. The fourth-order valence-electron chi connectivity index (χ4n) is 2.78. The molecular formula is C18H21N5O2. The zero-order valence-corrected chi connectivity index (χ0v) is 14.5. The van der Waals surface area contributed by atoms with Crippen LogP contribution < -0.4 is 16.4 Å². The third-order valence-corrected chi connectivity index (χ3v) is 4.10. The number of para-hydroxylation sites is 1. The van der Waals surface area contributed by atoms with Crippen molar-refractivity contribution in [2.24, 2.45) is 7.05 Å². The van der Waals surface area contributed by atoms with Crippen LogP contribution in [0.5, 0.6) is 0 Å². The Hall–Kier alpha value is -3.09. The molecule has 7 heteroatoms. The van der Waals surface area contributed by atoms with E-state index in [-0.39, 0.29) is 17.1 Å². The molecule has 3 rings (SSSR count). The summed E-state index contributed by atoms with van der Waals surface area (Å²) in [7, 11) is 1.82. The van der Waals surface area contributed by atoms with Crippen molar-refractivity contribution in [3.8, 4) is 5.69 Å². The summed E-state index contributed by atoms with van der Waals surface area (Å²) < 4.78 is 3.35. The normalized spacial score (nSPS) is 10.8. The summed E-state index contributed by atoms with van der Waals surface area (Å²) in [6, 6.07) is 10.9. The number of anilines is 2. The van der Waals surface area contributed by atoms with E-state index in [0.29, 0.717) is 17.8 Å². The van der Waals surface area contributed by atoms with Gasteiger partial charge in [0, 0.05) is 18.8 Å². The number of aryl methyl sites for hydroxylation is 1. The van der Waals surface area contributed by atoms with E-state index in [4.69, 9.17) is 0 Å². The standard InChI is InChI=1S/C18H21N5O2/c1-4-8-13-11-15(24)20-18(19-13)21-16-12(2)22(3)23(17(16)25)14-9-6-5-7-10-14/h5-7,9-11H,4,8H2,1-3H3,(H2,19,20,21,24). The molecule has 2 N–H and O–H groups in total. The van der Waals surface area contributed by atoms with Crippen LogP contribution in [0, 0.1) is 6.92 Å². The second kappa shape index (κ2) is 6.80. The quantitative estimate of drug-likeness (QED) is 0.747. The lowest BCUT2D eigenvalue weighted by Gasteiger charge is -2.07. The monoisotopic (exact) mass is 339 g/mol. The van der Waals surface area contributed by atoms with Gasteiger partial charge in [-0.25, -0.2) is 9.67 Å². The molecule has 0 fully saturated rings. The third kappa shape index (κ3) is 3.26. The molecule has 0 aliphatic heterocycles. The Bertz CT molecular complexity index is 999. The second-order valence-electron chi connectivity index (χ2n) is 5.90. The van der Waals surface area contributed by atoms with Gasteiger partial charge in [0.25, 0.3) is 11.1 Å². The second-order valence-corrected chi connectivity index (χ2v) is 5.90. The summed E-state index contributed by atoms with van der Waals surface area (Å²) in [5, 5.41) is 2.99. The molecule has 0 unspecified atom stereocenters. The largest absolute Gasteiger partial charge is 0.320 e. The molecule has 25 heavy (non-hydrogen) atoms. The van der Waals surface area contributed by atoms with Crippen molar-refractivity contribution in [3.05, 3.63) is 68.5 Å². The van der Waals surface area contributed by atoms with Crippen molar-refractivity contribution in [2.45, 2.75) is 26.7 Å². The van der Waals surface area contributed by atoms with Gasteiger partial charge in [0.1, 0.15) is 5.69 Å². The Morgan fingerprint density at radius 3 is 2.60 bits per heavy atom. The average molecular weight is 339 g/mol. The highest BCUT2D eigenvalue weighted by molar-refractivity contribution is 5.56. The van der Waals surface area contributed by atoms with Gasteiger partial charge in [-0.15, -0.1) is 0 Å². The van der Waals surface area contributed by atoms with E-state index in [2.05, 4.69) is 15.3 Å². The Kier molecular flexibility index (Phi) is 4.56. The van der Waals surface area contributed by atoms with Gasteiger partial charge >= 0.3 is 0 Å². The highest BCUT2D eigenvalue weighted by atomic mass is 16.1. The van der Waals surface area contributed by atoms with Gasteiger partial charge in [-0.1, -0.05) is 31.5 Å². The summed E-state index contributed by atoms with van der Waals surface area (Å²) in [4.78, 5) is 31.7. The molecule has 3 aromatic rings. The molecule has 0 bridgehead atoms. The van der Waals surface area contributed by atoms with Crippen LogP contribution in [0.3, 0.4) is 0 Å². The molecule has 130 valence electrons. The minimum Gasteiger partial charge on any atom is -0.320 e. The van der Waals surface area contributed by atoms with E-state index in [1.165, 1.54) is 6.07 Å². The van der Waals surface area contributed by atoms with E-state index in [1.807, 2.05) is 51.2 Å². The Labute approximate surface area is 144 Å². The van der Waals surface area contributed by atoms with Crippen molar-refractivity contribution < 1.29 is 0 Å². The van der Waals surface area contributed by atoms with Crippen LogP contribution in [0.4, 0.5) is 11.6 Å². The van der Waals surface area contributed by atoms with Crippen molar-refractivity contribution >= 4 is 11.6 Å². The predicted molar refractivity (Wildman–Crippen MR) is 97.9 cm³/mol. The molecule has 0 amide bonds.